The monoisotopic (exact) mass is 263 g/mol. The van der Waals surface area contributed by atoms with Crippen LogP contribution in [0.1, 0.15) is 11.1 Å². The number of halogens is 1. The maximum absolute atomic E-state index is 13.1. The van der Waals surface area contributed by atoms with Crippen LogP contribution in [0.2, 0.25) is 0 Å². The highest BCUT2D eigenvalue weighted by Gasteiger charge is 2.27. The fraction of sp³-hybridized carbons (Fsp3) is 0.600. The molecule has 2 heterocycles. The first-order chi connectivity index (χ1) is 9.22. The molecule has 0 aliphatic carbocycles. The van der Waals surface area contributed by atoms with Gasteiger partial charge in [0.1, 0.15) is 5.82 Å². The molecule has 0 radical (unpaired) electrons. The van der Waals surface area contributed by atoms with E-state index in [0.29, 0.717) is 0 Å². The van der Waals surface area contributed by atoms with Crippen LogP contribution < -0.4 is 5.32 Å². The summed E-state index contributed by atoms with van der Waals surface area (Å²) in [6, 6.07) is 5.88. The molecular formula is C15H22FN3. The Morgan fingerprint density at radius 2 is 1.95 bits per heavy atom. The number of nitrogens with zero attached hydrogens (tertiary/aromatic N) is 2. The van der Waals surface area contributed by atoms with Crippen LogP contribution in [0.25, 0.3) is 0 Å². The van der Waals surface area contributed by atoms with Crippen molar-refractivity contribution in [3.63, 3.8) is 0 Å². The van der Waals surface area contributed by atoms with E-state index in [1.165, 1.54) is 5.56 Å². The van der Waals surface area contributed by atoms with Gasteiger partial charge >= 0.3 is 0 Å². The summed E-state index contributed by atoms with van der Waals surface area (Å²) in [4.78, 5) is 5.06. The molecule has 0 unspecified atom stereocenters. The summed E-state index contributed by atoms with van der Waals surface area (Å²) in [5, 5.41) is 3.33. The molecule has 0 aromatic heterocycles. The van der Waals surface area contributed by atoms with Gasteiger partial charge in [0.05, 0.1) is 0 Å². The lowest BCUT2D eigenvalue weighted by Crippen LogP contribution is -2.61. The normalized spacial score (nSPS) is 22.4. The molecule has 1 aromatic rings. The van der Waals surface area contributed by atoms with E-state index in [9.17, 15) is 4.39 Å². The second-order valence-corrected chi connectivity index (χ2v) is 5.69. The minimum absolute atomic E-state index is 0.136. The van der Waals surface area contributed by atoms with Crippen molar-refractivity contribution in [3.8, 4) is 0 Å². The number of hydrogen-bond acceptors (Lipinski definition) is 3. The van der Waals surface area contributed by atoms with Crippen molar-refractivity contribution >= 4 is 0 Å². The lowest BCUT2D eigenvalue weighted by Gasteiger charge is -2.43. The first-order valence-corrected chi connectivity index (χ1v) is 7.14. The van der Waals surface area contributed by atoms with Crippen LogP contribution in [0.15, 0.2) is 18.2 Å². The molecule has 3 nitrogen and oxygen atoms in total. The number of benzene rings is 1. The van der Waals surface area contributed by atoms with Gasteiger partial charge in [-0.1, -0.05) is 6.07 Å². The van der Waals surface area contributed by atoms with Crippen LogP contribution in [0.5, 0.6) is 0 Å². The Labute approximate surface area is 114 Å². The number of hydrogen-bond donors (Lipinski definition) is 1. The molecule has 2 aliphatic rings. The average molecular weight is 263 g/mol. The maximum Gasteiger partial charge on any atom is 0.123 e. The molecule has 0 amide bonds. The highest BCUT2D eigenvalue weighted by molar-refractivity contribution is 5.26. The standard InChI is InChI=1S/C15H22FN3/c1-12-8-14(16)3-2-13(12)11-18-4-6-19(7-5-18)15-9-17-10-15/h2-3,8,15,17H,4-7,9-11H2,1H3. The van der Waals surface area contributed by atoms with E-state index in [-0.39, 0.29) is 5.82 Å². The summed E-state index contributed by atoms with van der Waals surface area (Å²) in [5.74, 6) is -0.136. The van der Waals surface area contributed by atoms with Crippen LogP contribution >= 0.6 is 0 Å². The Morgan fingerprint density at radius 1 is 1.21 bits per heavy atom. The molecule has 19 heavy (non-hydrogen) atoms. The minimum Gasteiger partial charge on any atom is -0.314 e. The van der Waals surface area contributed by atoms with Gasteiger partial charge in [-0.3, -0.25) is 9.80 Å². The quantitative estimate of drug-likeness (QED) is 0.885. The molecule has 0 saturated carbocycles. The SMILES string of the molecule is Cc1cc(F)ccc1CN1CCN(C2CNC2)CC1. The van der Waals surface area contributed by atoms with E-state index in [1.54, 1.807) is 12.1 Å². The van der Waals surface area contributed by atoms with Crippen LogP contribution in [0, 0.1) is 12.7 Å². The van der Waals surface area contributed by atoms with Crippen LogP contribution in [-0.4, -0.2) is 55.1 Å². The van der Waals surface area contributed by atoms with Crippen molar-refractivity contribution in [1.29, 1.82) is 0 Å². The van der Waals surface area contributed by atoms with E-state index < -0.39 is 0 Å². The molecule has 0 atom stereocenters. The average Bonchev–Trinajstić information content (AvgIpc) is 2.33. The fourth-order valence-electron chi connectivity index (χ4n) is 2.90. The van der Waals surface area contributed by atoms with Crippen LogP contribution in [-0.2, 0) is 6.54 Å². The minimum atomic E-state index is -0.136. The summed E-state index contributed by atoms with van der Waals surface area (Å²) in [5.41, 5.74) is 2.31. The van der Waals surface area contributed by atoms with Gasteiger partial charge in [0.15, 0.2) is 0 Å². The zero-order chi connectivity index (χ0) is 13.2. The number of piperazine rings is 1. The van der Waals surface area contributed by atoms with Crippen molar-refractivity contribution < 1.29 is 4.39 Å². The molecule has 2 aliphatic heterocycles. The van der Waals surface area contributed by atoms with E-state index in [4.69, 9.17) is 0 Å². The largest absolute Gasteiger partial charge is 0.314 e. The molecule has 1 N–H and O–H groups in total. The van der Waals surface area contributed by atoms with Crippen LogP contribution in [0.4, 0.5) is 4.39 Å². The third kappa shape index (κ3) is 2.96. The van der Waals surface area contributed by atoms with Crippen molar-refractivity contribution in [2.45, 2.75) is 19.5 Å². The summed E-state index contributed by atoms with van der Waals surface area (Å²) in [6.07, 6.45) is 0. The molecule has 0 spiro atoms. The van der Waals surface area contributed by atoms with Gasteiger partial charge in [-0.25, -0.2) is 4.39 Å². The summed E-state index contributed by atoms with van der Waals surface area (Å²) in [7, 11) is 0. The molecular weight excluding hydrogens is 241 g/mol. The molecule has 104 valence electrons. The van der Waals surface area contributed by atoms with Gasteiger partial charge < -0.3 is 5.32 Å². The van der Waals surface area contributed by atoms with Gasteiger partial charge in [0.25, 0.3) is 0 Å². The second kappa shape index (κ2) is 5.57. The smallest absolute Gasteiger partial charge is 0.123 e. The molecule has 1 aromatic carbocycles. The third-order valence-corrected chi connectivity index (χ3v) is 4.38. The molecule has 2 fully saturated rings. The number of nitrogens with one attached hydrogen (secondary N) is 1. The van der Waals surface area contributed by atoms with Gasteiger partial charge in [-0.05, 0) is 30.2 Å². The molecule has 2 saturated heterocycles. The number of aryl methyl sites for hydroxylation is 1. The molecule has 3 rings (SSSR count). The van der Waals surface area contributed by atoms with Crippen LogP contribution in [0.3, 0.4) is 0 Å². The summed E-state index contributed by atoms with van der Waals surface area (Å²) < 4.78 is 13.1. The zero-order valence-electron chi connectivity index (χ0n) is 11.5. The van der Waals surface area contributed by atoms with E-state index in [0.717, 1.165) is 57.4 Å². The van der Waals surface area contributed by atoms with E-state index >= 15 is 0 Å². The molecule has 0 bridgehead atoms. The lowest BCUT2D eigenvalue weighted by atomic mass is 10.1. The fourth-order valence-corrected chi connectivity index (χ4v) is 2.90. The Hall–Kier alpha value is -0.970. The van der Waals surface area contributed by atoms with Crippen molar-refractivity contribution in [1.82, 2.24) is 15.1 Å². The van der Waals surface area contributed by atoms with Gasteiger partial charge in [-0.15, -0.1) is 0 Å². The Morgan fingerprint density at radius 3 is 2.53 bits per heavy atom. The Kier molecular flexibility index (Phi) is 3.82. The first kappa shape index (κ1) is 13.0. The summed E-state index contributed by atoms with van der Waals surface area (Å²) >= 11 is 0. The predicted octanol–water partition coefficient (Wildman–Crippen LogP) is 1.22. The van der Waals surface area contributed by atoms with E-state index in [2.05, 4.69) is 15.1 Å². The van der Waals surface area contributed by atoms with Crippen molar-refractivity contribution in [3.05, 3.63) is 35.1 Å². The Bertz CT molecular complexity index is 437. The number of rotatable bonds is 3. The first-order valence-electron chi connectivity index (χ1n) is 7.14. The highest BCUT2D eigenvalue weighted by Crippen LogP contribution is 2.15. The lowest BCUT2D eigenvalue weighted by molar-refractivity contribution is 0.0695. The Balaban J connectivity index is 1.54. The zero-order valence-corrected chi connectivity index (χ0v) is 11.5. The van der Waals surface area contributed by atoms with Gasteiger partial charge in [0.2, 0.25) is 0 Å². The van der Waals surface area contributed by atoms with Crippen molar-refractivity contribution in [2.24, 2.45) is 0 Å². The van der Waals surface area contributed by atoms with Gasteiger partial charge in [-0.2, -0.15) is 0 Å². The highest BCUT2D eigenvalue weighted by atomic mass is 19.1. The second-order valence-electron chi connectivity index (χ2n) is 5.69. The topological polar surface area (TPSA) is 18.5 Å². The molecule has 4 heteroatoms. The maximum atomic E-state index is 13.1. The summed E-state index contributed by atoms with van der Waals surface area (Å²) in [6.45, 7) is 9.80. The predicted molar refractivity (Wildman–Crippen MR) is 74.6 cm³/mol. The third-order valence-electron chi connectivity index (χ3n) is 4.38. The van der Waals surface area contributed by atoms with E-state index in [1.807, 2.05) is 13.0 Å². The van der Waals surface area contributed by atoms with Gasteiger partial charge in [0, 0.05) is 51.9 Å². The van der Waals surface area contributed by atoms with Crippen molar-refractivity contribution in [2.75, 3.05) is 39.3 Å².